The quantitative estimate of drug-likeness (QED) is 0.655. The van der Waals surface area contributed by atoms with Crippen molar-refractivity contribution >= 4 is 0 Å². The predicted octanol–water partition coefficient (Wildman–Crippen LogP) is 1.86. The zero-order valence-electron chi connectivity index (χ0n) is 11.2. The van der Waals surface area contributed by atoms with E-state index in [1.54, 1.807) is 0 Å². The molecule has 0 radical (unpaired) electrons. The lowest BCUT2D eigenvalue weighted by atomic mass is 10.1. The second-order valence-corrected chi connectivity index (χ2v) is 4.36. The number of piperazine rings is 1. The highest BCUT2D eigenvalue weighted by Gasteiger charge is 2.07. The molecule has 1 saturated heterocycles. The molecule has 2 N–H and O–H groups in total. The first kappa shape index (κ1) is 15.9. The SMILES string of the molecule is CCCCCCCCN1CCNCC1.CO. The van der Waals surface area contributed by atoms with Crippen molar-refractivity contribution in [2.24, 2.45) is 0 Å². The van der Waals surface area contributed by atoms with Gasteiger partial charge in [-0.3, -0.25) is 0 Å². The number of hydrogen-bond acceptors (Lipinski definition) is 3. The zero-order chi connectivity index (χ0) is 12.1. The van der Waals surface area contributed by atoms with Crippen molar-refractivity contribution in [3.8, 4) is 0 Å². The van der Waals surface area contributed by atoms with Crippen LogP contribution in [0.4, 0.5) is 0 Å². The van der Waals surface area contributed by atoms with Crippen LogP contribution in [0.3, 0.4) is 0 Å². The minimum Gasteiger partial charge on any atom is -0.400 e. The minimum absolute atomic E-state index is 1.00. The molecule has 3 heteroatoms. The third-order valence-electron chi connectivity index (χ3n) is 3.04. The molecular formula is C13H30N2O. The first-order valence-electron chi connectivity index (χ1n) is 6.81. The van der Waals surface area contributed by atoms with Crippen molar-refractivity contribution in [2.45, 2.75) is 45.4 Å². The van der Waals surface area contributed by atoms with E-state index in [1.807, 2.05) is 0 Å². The molecule has 1 heterocycles. The fourth-order valence-corrected chi connectivity index (χ4v) is 2.05. The Balaban J connectivity index is 0.00000106. The molecule has 3 nitrogen and oxygen atoms in total. The van der Waals surface area contributed by atoms with Gasteiger partial charge in [-0.25, -0.2) is 0 Å². The number of hydrogen-bond donors (Lipinski definition) is 2. The van der Waals surface area contributed by atoms with Crippen molar-refractivity contribution in [3.05, 3.63) is 0 Å². The Morgan fingerprint density at radius 3 is 2.12 bits per heavy atom. The molecule has 0 spiro atoms. The van der Waals surface area contributed by atoms with Crippen LogP contribution in [-0.2, 0) is 0 Å². The van der Waals surface area contributed by atoms with Crippen LogP contribution in [0.1, 0.15) is 45.4 Å². The van der Waals surface area contributed by atoms with E-state index in [9.17, 15) is 0 Å². The number of nitrogens with one attached hydrogen (secondary N) is 1. The summed E-state index contributed by atoms with van der Waals surface area (Å²) in [7, 11) is 1.00. The van der Waals surface area contributed by atoms with Crippen molar-refractivity contribution in [1.82, 2.24) is 10.2 Å². The van der Waals surface area contributed by atoms with E-state index in [1.165, 1.54) is 71.2 Å². The summed E-state index contributed by atoms with van der Waals surface area (Å²) in [5.74, 6) is 0. The Kier molecular flexibility index (Phi) is 12.9. The maximum Gasteiger partial charge on any atom is 0.0319 e. The molecule has 0 aromatic rings. The molecule has 0 bridgehead atoms. The second-order valence-electron chi connectivity index (χ2n) is 4.36. The number of unbranched alkanes of at least 4 members (excludes halogenated alkanes) is 5. The Labute approximate surface area is 101 Å². The lowest BCUT2D eigenvalue weighted by molar-refractivity contribution is 0.236. The smallest absolute Gasteiger partial charge is 0.0319 e. The van der Waals surface area contributed by atoms with E-state index in [2.05, 4.69) is 17.1 Å². The van der Waals surface area contributed by atoms with Gasteiger partial charge in [0.25, 0.3) is 0 Å². The third-order valence-corrected chi connectivity index (χ3v) is 3.04. The first-order valence-corrected chi connectivity index (χ1v) is 6.81. The highest BCUT2D eigenvalue weighted by atomic mass is 16.2. The highest BCUT2D eigenvalue weighted by Crippen LogP contribution is 2.06. The van der Waals surface area contributed by atoms with Crippen molar-refractivity contribution in [1.29, 1.82) is 0 Å². The van der Waals surface area contributed by atoms with Crippen LogP contribution in [0.2, 0.25) is 0 Å². The number of nitrogens with zero attached hydrogens (tertiary/aromatic N) is 1. The fraction of sp³-hybridized carbons (Fsp3) is 1.00. The lowest BCUT2D eigenvalue weighted by Gasteiger charge is -2.26. The van der Waals surface area contributed by atoms with Gasteiger partial charge in [0.05, 0.1) is 0 Å². The lowest BCUT2D eigenvalue weighted by Crippen LogP contribution is -2.43. The monoisotopic (exact) mass is 230 g/mol. The maximum atomic E-state index is 7.00. The molecule has 0 aromatic carbocycles. The van der Waals surface area contributed by atoms with Gasteiger partial charge in [0, 0.05) is 33.3 Å². The molecule has 0 amide bonds. The largest absolute Gasteiger partial charge is 0.400 e. The molecule has 0 aliphatic carbocycles. The normalized spacial score (nSPS) is 16.7. The number of aliphatic hydroxyl groups excluding tert-OH is 1. The predicted molar refractivity (Wildman–Crippen MR) is 70.8 cm³/mol. The molecule has 0 saturated carbocycles. The fourth-order valence-electron chi connectivity index (χ4n) is 2.05. The Hall–Kier alpha value is -0.120. The Morgan fingerprint density at radius 2 is 1.50 bits per heavy atom. The molecule has 0 unspecified atom stereocenters. The van der Waals surface area contributed by atoms with Crippen LogP contribution in [0.5, 0.6) is 0 Å². The highest BCUT2D eigenvalue weighted by molar-refractivity contribution is 4.67. The molecule has 98 valence electrons. The summed E-state index contributed by atoms with van der Waals surface area (Å²) in [5.41, 5.74) is 0. The summed E-state index contributed by atoms with van der Waals surface area (Å²) in [6, 6.07) is 0. The van der Waals surface area contributed by atoms with Crippen molar-refractivity contribution in [2.75, 3.05) is 39.8 Å². The second kappa shape index (κ2) is 12.9. The standard InChI is InChI=1S/C12H26N2.CH4O/c1-2-3-4-5-6-7-10-14-11-8-13-9-12-14;1-2/h13H,2-12H2,1H3;2H,1H3. The van der Waals surface area contributed by atoms with Crippen LogP contribution in [0.25, 0.3) is 0 Å². The molecule has 1 fully saturated rings. The van der Waals surface area contributed by atoms with E-state index in [4.69, 9.17) is 5.11 Å². The van der Waals surface area contributed by atoms with Crippen LogP contribution in [0.15, 0.2) is 0 Å². The molecule has 1 aliphatic rings. The van der Waals surface area contributed by atoms with Crippen molar-refractivity contribution in [3.63, 3.8) is 0 Å². The summed E-state index contributed by atoms with van der Waals surface area (Å²) in [6.07, 6.45) is 8.51. The average molecular weight is 230 g/mol. The Bertz CT molecular complexity index is 125. The van der Waals surface area contributed by atoms with Gasteiger partial charge >= 0.3 is 0 Å². The molecule has 16 heavy (non-hydrogen) atoms. The van der Waals surface area contributed by atoms with Crippen LogP contribution in [0, 0.1) is 0 Å². The third kappa shape index (κ3) is 9.13. The minimum atomic E-state index is 1.00. The van der Waals surface area contributed by atoms with Gasteiger partial charge in [-0.1, -0.05) is 39.0 Å². The van der Waals surface area contributed by atoms with Gasteiger partial charge in [-0.2, -0.15) is 0 Å². The summed E-state index contributed by atoms with van der Waals surface area (Å²) >= 11 is 0. The van der Waals surface area contributed by atoms with E-state index < -0.39 is 0 Å². The molecular weight excluding hydrogens is 200 g/mol. The summed E-state index contributed by atoms with van der Waals surface area (Å²) in [4.78, 5) is 2.59. The number of aliphatic hydroxyl groups is 1. The maximum absolute atomic E-state index is 7.00. The molecule has 0 atom stereocenters. The van der Waals surface area contributed by atoms with Gasteiger partial charge in [-0.05, 0) is 13.0 Å². The average Bonchev–Trinajstić information content (AvgIpc) is 2.37. The van der Waals surface area contributed by atoms with Crippen LogP contribution < -0.4 is 5.32 Å². The van der Waals surface area contributed by atoms with Crippen molar-refractivity contribution < 1.29 is 5.11 Å². The van der Waals surface area contributed by atoms with Gasteiger partial charge in [0.2, 0.25) is 0 Å². The van der Waals surface area contributed by atoms with Crippen LogP contribution >= 0.6 is 0 Å². The van der Waals surface area contributed by atoms with Gasteiger partial charge in [0.1, 0.15) is 0 Å². The van der Waals surface area contributed by atoms with Gasteiger partial charge in [0.15, 0.2) is 0 Å². The molecule has 0 aromatic heterocycles. The topological polar surface area (TPSA) is 35.5 Å². The Morgan fingerprint density at radius 1 is 0.938 bits per heavy atom. The van der Waals surface area contributed by atoms with E-state index in [0.717, 1.165) is 7.11 Å². The number of rotatable bonds is 7. The summed E-state index contributed by atoms with van der Waals surface area (Å²) < 4.78 is 0. The van der Waals surface area contributed by atoms with Gasteiger partial charge < -0.3 is 15.3 Å². The zero-order valence-corrected chi connectivity index (χ0v) is 11.2. The van der Waals surface area contributed by atoms with E-state index in [-0.39, 0.29) is 0 Å². The molecule has 1 aliphatic heterocycles. The first-order chi connectivity index (χ1) is 7.93. The summed E-state index contributed by atoms with van der Waals surface area (Å²) in [5, 5.41) is 10.4. The van der Waals surface area contributed by atoms with E-state index in [0.29, 0.717) is 0 Å². The van der Waals surface area contributed by atoms with Gasteiger partial charge in [-0.15, -0.1) is 0 Å². The van der Waals surface area contributed by atoms with Crippen LogP contribution in [-0.4, -0.2) is 49.8 Å². The summed E-state index contributed by atoms with van der Waals surface area (Å²) in [6.45, 7) is 8.50. The molecule has 1 rings (SSSR count). The van der Waals surface area contributed by atoms with E-state index >= 15 is 0 Å².